The van der Waals surface area contributed by atoms with Gasteiger partial charge in [-0.1, -0.05) is 15.9 Å². The molecule has 13 heavy (non-hydrogen) atoms. The molecule has 0 aliphatic rings. The largest absolute Gasteiger partial charge is 0.691 e. The number of alkyl halides is 3. The first-order valence-electron chi connectivity index (χ1n) is 2.80. The molecule has 0 aromatic rings. The van der Waals surface area contributed by atoms with Crippen molar-refractivity contribution in [3.8, 4) is 0 Å². The third kappa shape index (κ3) is 5.37. The standard InChI is InChI=1S/C4H5BrF2O5S/c5-1-2-10-3(8)4(6,7)13-12-11-9/h9H,1-2H2/p-1. The van der Waals surface area contributed by atoms with Crippen molar-refractivity contribution in [2.75, 3.05) is 11.9 Å². The molecule has 0 spiro atoms. The van der Waals surface area contributed by atoms with Gasteiger partial charge in [0.05, 0.1) is 0 Å². The van der Waals surface area contributed by atoms with Gasteiger partial charge in [-0.2, -0.15) is 13.1 Å². The summed E-state index contributed by atoms with van der Waals surface area (Å²) in [6.45, 7) is -0.201. The maximum Gasteiger partial charge on any atom is 0.415 e. The van der Waals surface area contributed by atoms with E-state index < -0.39 is 23.3 Å². The molecule has 0 N–H and O–H groups in total. The van der Waals surface area contributed by atoms with Crippen molar-refractivity contribution in [3.63, 3.8) is 0 Å². The minimum atomic E-state index is -3.95. The predicted octanol–water partition coefficient (Wildman–Crippen LogP) is 0.389. The van der Waals surface area contributed by atoms with Crippen LogP contribution >= 0.6 is 28.0 Å². The molecule has 0 bridgehead atoms. The van der Waals surface area contributed by atoms with E-state index in [1.54, 1.807) is 0 Å². The van der Waals surface area contributed by atoms with Gasteiger partial charge >= 0.3 is 11.2 Å². The van der Waals surface area contributed by atoms with Gasteiger partial charge in [-0.15, -0.1) is 0 Å². The van der Waals surface area contributed by atoms with Crippen LogP contribution in [0.15, 0.2) is 0 Å². The van der Waals surface area contributed by atoms with Crippen LogP contribution in [-0.4, -0.2) is 23.2 Å². The normalized spacial score (nSPS) is 11.4. The Hall–Kier alpha value is 0.0400. The van der Waals surface area contributed by atoms with Crippen LogP contribution in [0, 0.1) is 0 Å². The summed E-state index contributed by atoms with van der Waals surface area (Å²) in [5.41, 5.74) is 0. The molecule has 0 fully saturated rings. The fourth-order valence-corrected chi connectivity index (χ4v) is 0.708. The molecule has 5 nitrogen and oxygen atoms in total. The number of ether oxygens (including phenoxy) is 1. The molecule has 0 saturated carbocycles. The molecule has 0 rings (SSSR count). The molecular formula is C4H4BrF2O5S-. The molecule has 0 aromatic heterocycles. The van der Waals surface area contributed by atoms with Crippen molar-refractivity contribution < 1.29 is 32.9 Å². The van der Waals surface area contributed by atoms with Crippen LogP contribution in [0.3, 0.4) is 0 Å². The van der Waals surface area contributed by atoms with Gasteiger partial charge in [0.2, 0.25) is 0 Å². The summed E-state index contributed by atoms with van der Waals surface area (Å²) in [7, 11) is 0. The summed E-state index contributed by atoms with van der Waals surface area (Å²) >= 11 is 2.14. The van der Waals surface area contributed by atoms with Crippen molar-refractivity contribution in [2.45, 2.75) is 5.25 Å². The van der Waals surface area contributed by atoms with Gasteiger partial charge in [0.25, 0.3) is 0 Å². The van der Waals surface area contributed by atoms with Crippen molar-refractivity contribution in [2.24, 2.45) is 0 Å². The highest BCUT2D eigenvalue weighted by Crippen LogP contribution is 2.30. The smallest absolute Gasteiger partial charge is 0.415 e. The first-order valence-corrected chi connectivity index (χ1v) is 4.66. The zero-order valence-electron chi connectivity index (χ0n) is 6.00. The molecule has 78 valence electrons. The maximum absolute atomic E-state index is 12.5. The van der Waals surface area contributed by atoms with Gasteiger partial charge in [0.15, 0.2) is 0 Å². The van der Waals surface area contributed by atoms with Gasteiger partial charge in [0, 0.05) is 5.33 Å². The zero-order chi connectivity index (χ0) is 10.3. The van der Waals surface area contributed by atoms with Crippen molar-refractivity contribution in [1.29, 1.82) is 0 Å². The van der Waals surface area contributed by atoms with Gasteiger partial charge < -0.3 is 9.99 Å². The Morgan fingerprint density at radius 3 is 2.69 bits per heavy atom. The molecule has 0 aliphatic heterocycles. The van der Waals surface area contributed by atoms with Crippen LogP contribution in [-0.2, 0) is 18.9 Å². The number of carbonyl (C=O) groups excluding carboxylic acids is 1. The van der Waals surface area contributed by atoms with Gasteiger partial charge in [0.1, 0.15) is 18.6 Å². The third-order valence-electron chi connectivity index (χ3n) is 0.714. The number of hydrogen-bond donors (Lipinski definition) is 0. The summed E-state index contributed by atoms with van der Waals surface area (Å²) in [5.74, 6) is -1.80. The first-order chi connectivity index (χ1) is 6.04. The Morgan fingerprint density at radius 2 is 2.23 bits per heavy atom. The van der Waals surface area contributed by atoms with E-state index in [0.29, 0.717) is 0 Å². The molecule has 0 heterocycles. The summed E-state index contributed by atoms with van der Waals surface area (Å²) in [4.78, 5) is 10.5. The SMILES string of the molecule is O=C(OCCBr)C(F)(F)SOO[O-]. The lowest BCUT2D eigenvalue weighted by Crippen LogP contribution is -2.28. The van der Waals surface area contributed by atoms with Crippen LogP contribution in [0.5, 0.6) is 0 Å². The molecule has 0 atom stereocenters. The van der Waals surface area contributed by atoms with Crippen molar-refractivity contribution in [1.82, 2.24) is 0 Å². The summed E-state index contributed by atoms with van der Waals surface area (Å²) < 4.78 is 32.3. The van der Waals surface area contributed by atoms with E-state index in [-0.39, 0.29) is 11.9 Å². The van der Waals surface area contributed by atoms with Crippen LogP contribution in [0.1, 0.15) is 0 Å². The van der Waals surface area contributed by atoms with Crippen LogP contribution < -0.4 is 5.26 Å². The van der Waals surface area contributed by atoms with Gasteiger partial charge in [-0.25, -0.2) is 4.79 Å². The Balaban J connectivity index is 3.87. The molecule has 0 amide bonds. The second-order valence-electron chi connectivity index (χ2n) is 1.56. The monoisotopic (exact) mass is 281 g/mol. The molecule has 0 aromatic carbocycles. The highest BCUT2D eigenvalue weighted by Gasteiger charge is 2.43. The summed E-state index contributed by atoms with van der Waals surface area (Å²) in [5, 5.41) is 8.11. The fourth-order valence-electron chi connectivity index (χ4n) is 0.306. The lowest BCUT2D eigenvalue weighted by atomic mass is 10.7. The Labute approximate surface area is 84.5 Å². The average Bonchev–Trinajstić information content (AvgIpc) is 2.10. The Morgan fingerprint density at radius 1 is 1.62 bits per heavy atom. The van der Waals surface area contributed by atoms with Gasteiger partial charge in [-0.05, 0) is 0 Å². The van der Waals surface area contributed by atoms with Gasteiger partial charge in [-0.3, -0.25) is 5.04 Å². The second-order valence-corrected chi connectivity index (χ2v) is 3.17. The number of rotatable bonds is 6. The highest BCUT2D eigenvalue weighted by atomic mass is 79.9. The number of esters is 1. The maximum atomic E-state index is 12.5. The van der Waals surface area contributed by atoms with E-state index in [1.807, 2.05) is 0 Å². The molecule has 0 aliphatic carbocycles. The number of carbonyl (C=O) groups is 1. The number of halogens is 3. The summed E-state index contributed by atoms with van der Waals surface area (Å²) in [6, 6.07) is 0. The molecule has 0 radical (unpaired) electrons. The highest BCUT2D eigenvalue weighted by molar-refractivity contribution is 9.09. The predicted molar refractivity (Wildman–Crippen MR) is 39.5 cm³/mol. The number of hydrogen-bond acceptors (Lipinski definition) is 6. The molecular weight excluding hydrogens is 278 g/mol. The molecule has 9 heteroatoms. The van der Waals surface area contributed by atoms with Crippen LogP contribution in [0.2, 0.25) is 0 Å². The van der Waals surface area contributed by atoms with Crippen LogP contribution in [0.4, 0.5) is 8.78 Å². The van der Waals surface area contributed by atoms with E-state index in [0.717, 1.165) is 0 Å². The summed E-state index contributed by atoms with van der Waals surface area (Å²) in [6.07, 6.45) is 0. The van der Waals surface area contributed by atoms with Crippen LogP contribution in [0.25, 0.3) is 0 Å². The van der Waals surface area contributed by atoms with Crippen molar-refractivity contribution >= 4 is 33.9 Å². The third-order valence-corrected chi connectivity index (χ3v) is 1.54. The zero-order valence-corrected chi connectivity index (χ0v) is 8.40. The average molecular weight is 282 g/mol. The van der Waals surface area contributed by atoms with E-state index >= 15 is 0 Å². The van der Waals surface area contributed by atoms with Crippen molar-refractivity contribution in [3.05, 3.63) is 0 Å². The molecule has 0 unspecified atom stereocenters. The second kappa shape index (κ2) is 6.49. The Kier molecular flexibility index (Phi) is 6.51. The minimum Gasteiger partial charge on any atom is -0.691 e. The van der Waals surface area contributed by atoms with E-state index in [4.69, 9.17) is 0 Å². The minimum absolute atomic E-state index is 0.201. The quantitative estimate of drug-likeness (QED) is 0.231. The topological polar surface area (TPSA) is 67.8 Å². The van der Waals surface area contributed by atoms with E-state index in [2.05, 4.69) is 30.0 Å². The van der Waals surface area contributed by atoms with E-state index in [1.165, 1.54) is 0 Å². The Bertz CT molecular complexity index is 169. The molecule has 0 saturated heterocycles. The first kappa shape index (κ1) is 13.0. The lowest BCUT2D eigenvalue weighted by molar-refractivity contribution is -0.777. The fraction of sp³-hybridized carbons (Fsp3) is 0.750. The van der Waals surface area contributed by atoms with E-state index in [9.17, 15) is 18.8 Å². The lowest BCUT2D eigenvalue weighted by Gasteiger charge is -2.13.